The fraction of sp³-hybridized carbons (Fsp3) is 0.455. The number of hydrogen-bond acceptors (Lipinski definition) is 3. The van der Waals surface area contributed by atoms with Gasteiger partial charge < -0.3 is 10.5 Å². The van der Waals surface area contributed by atoms with Gasteiger partial charge in [0.1, 0.15) is 4.99 Å². The Labute approximate surface area is 95.7 Å². The minimum atomic E-state index is 0.371. The van der Waals surface area contributed by atoms with Crippen LogP contribution in [0.15, 0.2) is 18.3 Å². The highest BCUT2D eigenvalue weighted by Gasteiger charge is 1.99. The van der Waals surface area contributed by atoms with Crippen molar-refractivity contribution in [2.24, 2.45) is 5.73 Å². The Kier molecular flexibility index (Phi) is 5.04. The second-order valence-electron chi connectivity index (χ2n) is 3.30. The number of ether oxygens (including phenoxy) is 1. The van der Waals surface area contributed by atoms with Gasteiger partial charge in [-0.2, -0.15) is 0 Å². The number of nitrogens with zero attached hydrogens (tertiary/aromatic N) is 1. The minimum absolute atomic E-state index is 0.371. The van der Waals surface area contributed by atoms with E-state index in [9.17, 15) is 0 Å². The summed E-state index contributed by atoms with van der Waals surface area (Å²) in [4.78, 5) is 4.45. The van der Waals surface area contributed by atoms with Crippen molar-refractivity contribution in [2.75, 3.05) is 6.61 Å². The predicted molar refractivity (Wildman–Crippen MR) is 65.1 cm³/mol. The molecule has 0 fully saturated rings. The molecule has 0 spiro atoms. The molecule has 0 aromatic carbocycles. The highest BCUT2D eigenvalue weighted by atomic mass is 32.1. The van der Waals surface area contributed by atoms with E-state index in [0.29, 0.717) is 17.5 Å². The van der Waals surface area contributed by atoms with Gasteiger partial charge in [-0.15, -0.1) is 0 Å². The van der Waals surface area contributed by atoms with Gasteiger partial charge in [0.2, 0.25) is 5.88 Å². The van der Waals surface area contributed by atoms with Gasteiger partial charge in [-0.05, 0) is 12.5 Å². The van der Waals surface area contributed by atoms with E-state index >= 15 is 0 Å². The molecule has 1 aromatic rings. The lowest BCUT2D eigenvalue weighted by atomic mass is 10.2. The van der Waals surface area contributed by atoms with Crippen molar-refractivity contribution in [3.8, 4) is 5.88 Å². The third kappa shape index (κ3) is 4.25. The predicted octanol–water partition coefficient (Wildman–Crippen LogP) is 2.28. The fourth-order valence-corrected chi connectivity index (χ4v) is 1.30. The Bertz CT molecular complexity index is 328. The smallest absolute Gasteiger partial charge is 0.213 e. The first kappa shape index (κ1) is 11.9. The lowest BCUT2D eigenvalue weighted by Crippen LogP contribution is -2.10. The number of hydrogen-bond donors (Lipinski definition) is 1. The van der Waals surface area contributed by atoms with Crippen molar-refractivity contribution in [1.82, 2.24) is 4.98 Å². The topological polar surface area (TPSA) is 48.1 Å². The van der Waals surface area contributed by atoms with Crippen LogP contribution in [0.4, 0.5) is 0 Å². The van der Waals surface area contributed by atoms with Gasteiger partial charge in [-0.25, -0.2) is 4.98 Å². The van der Waals surface area contributed by atoms with Crippen LogP contribution in [0, 0.1) is 0 Å². The molecule has 82 valence electrons. The van der Waals surface area contributed by atoms with E-state index < -0.39 is 0 Å². The zero-order valence-electron chi connectivity index (χ0n) is 8.90. The number of rotatable bonds is 6. The van der Waals surface area contributed by atoms with Crippen LogP contribution in [0.25, 0.3) is 0 Å². The molecular formula is C11H16N2OS. The number of thiocarbonyl (C=S) groups is 1. The highest BCUT2D eigenvalue weighted by molar-refractivity contribution is 7.80. The van der Waals surface area contributed by atoms with Gasteiger partial charge >= 0.3 is 0 Å². The zero-order valence-corrected chi connectivity index (χ0v) is 9.72. The van der Waals surface area contributed by atoms with Crippen LogP contribution in [-0.2, 0) is 0 Å². The Morgan fingerprint density at radius 2 is 2.33 bits per heavy atom. The summed E-state index contributed by atoms with van der Waals surface area (Å²) in [6, 6.07) is 3.55. The Morgan fingerprint density at radius 1 is 1.53 bits per heavy atom. The van der Waals surface area contributed by atoms with Crippen molar-refractivity contribution >= 4 is 17.2 Å². The number of nitrogens with two attached hydrogens (primary N) is 1. The summed E-state index contributed by atoms with van der Waals surface area (Å²) in [5.74, 6) is 0.594. The van der Waals surface area contributed by atoms with Gasteiger partial charge in [-0.3, -0.25) is 0 Å². The van der Waals surface area contributed by atoms with Crippen molar-refractivity contribution in [1.29, 1.82) is 0 Å². The summed E-state index contributed by atoms with van der Waals surface area (Å²) in [5, 5.41) is 0. The van der Waals surface area contributed by atoms with Crippen LogP contribution in [0.5, 0.6) is 5.88 Å². The van der Waals surface area contributed by atoms with E-state index in [-0.39, 0.29) is 0 Å². The normalized spacial score (nSPS) is 9.93. The molecule has 0 aliphatic rings. The van der Waals surface area contributed by atoms with Crippen molar-refractivity contribution in [3.05, 3.63) is 23.9 Å². The maximum atomic E-state index is 5.51. The maximum absolute atomic E-state index is 5.51. The summed E-state index contributed by atoms with van der Waals surface area (Å²) in [6.07, 6.45) is 5.07. The van der Waals surface area contributed by atoms with E-state index in [0.717, 1.165) is 12.0 Å². The molecule has 1 heterocycles. The molecular weight excluding hydrogens is 208 g/mol. The van der Waals surface area contributed by atoms with Crippen LogP contribution in [-0.4, -0.2) is 16.6 Å². The molecule has 2 N–H and O–H groups in total. The Morgan fingerprint density at radius 3 is 3.00 bits per heavy atom. The van der Waals surface area contributed by atoms with E-state index in [2.05, 4.69) is 11.9 Å². The molecule has 0 aliphatic carbocycles. The molecule has 0 bridgehead atoms. The number of pyridine rings is 1. The molecule has 0 saturated carbocycles. The van der Waals surface area contributed by atoms with E-state index in [1.807, 2.05) is 0 Å². The van der Waals surface area contributed by atoms with Crippen LogP contribution < -0.4 is 10.5 Å². The molecule has 0 unspecified atom stereocenters. The van der Waals surface area contributed by atoms with Crippen molar-refractivity contribution < 1.29 is 4.74 Å². The first-order valence-electron chi connectivity index (χ1n) is 5.12. The molecule has 4 heteroatoms. The maximum Gasteiger partial charge on any atom is 0.213 e. The first-order chi connectivity index (χ1) is 7.24. The largest absolute Gasteiger partial charge is 0.478 e. The lowest BCUT2D eigenvalue weighted by molar-refractivity contribution is 0.295. The van der Waals surface area contributed by atoms with Crippen LogP contribution in [0.3, 0.4) is 0 Å². The molecule has 0 atom stereocenters. The fourth-order valence-electron chi connectivity index (χ4n) is 1.17. The summed E-state index contributed by atoms with van der Waals surface area (Å²) in [5.41, 5.74) is 6.30. The summed E-state index contributed by atoms with van der Waals surface area (Å²) >= 11 is 4.87. The average molecular weight is 224 g/mol. The van der Waals surface area contributed by atoms with Gasteiger partial charge in [0.15, 0.2) is 0 Å². The number of aromatic nitrogens is 1. The molecule has 0 aliphatic heterocycles. The Hall–Kier alpha value is -1.16. The van der Waals surface area contributed by atoms with Crippen LogP contribution in [0.2, 0.25) is 0 Å². The van der Waals surface area contributed by atoms with E-state index in [1.165, 1.54) is 12.8 Å². The van der Waals surface area contributed by atoms with Gasteiger partial charge in [0.05, 0.1) is 6.61 Å². The standard InChI is InChI=1S/C11H16N2OS/c1-2-3-4-7-14-10-8-9(11(12)15)5-6-13-10/h5-6,8H,2-4,7H2,1H3,(H2,12,15). The van der Waals surface area contributed by atoms with Crippen LogP contribution in [0.1, 0.15) is 31.7 Å². The third-order valence-corrected chi connectivity index (χ3v) is 2.25. The number of unbranched alkanes of at least 4 members (excludes halogenated alkanes) is 2. The monoisotopic (exact) mass is 224 g/mol. The average Bonchev–Trinajstić information content (AvgIpc) is 2.25. The van der Waals surface area contributed by atoms with E-state index in [4.69, 9.17) is 22.7 Å². The second kappa shape index (κ2) is 6.35. The third-order valence-electron chi connectivity index (χ3n) is 2.02. The Balaban J connectivity index is 2.47. The molecule has 1 aromatic heterocycles. The zero-order chi connectivity index (χ0) is 11.1. The SMILES string of the molecule is CCCCCOc1cc(C(N)=S)ccn1. The van der Waals surface area contributed by atoms with E-state index in [1.54, 1.807) is 18.3 Å². The first-order valence-corrected chi connectivity index (χ1v) is 5.53. The quantitative estimate of drug-likeness (QED) is 0.595. The van der Waals surface area contributed by atoms with Gasteiger partial charge in [-0.1, -0.05) is 32.0 Å². The van der Waals surface area contributed by atoms with Gasteiger partial charge in [0, 0.05) is 17.8 Å². The molecule has 0 radical (unpaired) electrons. The lowest BCUT2D eigenvalue weighted by Gasteiger charge is -2.05. The highest BCUT2D eigenvalue weighted by Crippen LogP contribution is 2.09. The molecule has 15 heavy (non-hydrogen) atoms. The second-order valence-corrected chi connectivity index (χ2v) is 3.74. The summed E-state index contributed by atoms with van der Waals surface area (Å²) in [7, 11) is 0. The minimum Gasteiger partial charge on any atom is -0.478 e. The molecule has 0 saturated heterocycles. The molecule has 1 rings (SSSR count). The molecule has 3 nitrogen and oxygen atoms in total. The molecule has 0 amide bonds. The summed E-state index contributed by atoms with van der Waals surface area (Å²) in [6.45, 7) is 2.85. The van der Waals surface area contributed by atoms with Gasteiger partial charge in [0.25, 0.3) is 0 Å². The van der Waals surface area contributed by atoms with Crippen LogP contribution >= 0.6 is 12.2 Å². The summed E-state index contributed by atoms with van der Waals surface area (Å²) < 4.78 is 5.47. The van der Waals surface area contributed by atoms with Crippen molar-refractivity contribution in [2.45, 2.75) is 26.2 Å². The van der Waals surface area contributed by atoms with Crippen molar-refractivity contribution in [3.63, 3.8) is 0 Å².